The fraction of sp³-hybridized carbons (Fsp3) is 0.611. The summed E-state index contributed by atoms with van der Waals surface area (Å²) in [6, 6.07) is 2.06. The standard InChI is InChI=1S/C18H28N4O2/c1-6-18(7-2,11-23)10-19-17(24)15-8-14-9-20-22(12(3)4)16(14)21-13(15)5/h8-9,12,23H,6-7,10-11H2,1-5H3,(H,19,24). The summed E-state index contributed by atoms with van der Waals surface area (Å²) in [6.45, 7) is 10.5. The maximum absolute atomic E-state index is 12.6. The summed E-state index contributed by atoms with van der Waals surface area (Å²) in [5, 5.41) is 17.8. The van der Waals surface area contributed by atoms with Crippen LogP contribution in [0.5, 0.6) is 0 Å². The van der Waals surface area contributed by atoms with E-state index in [1.54, 1.807) is 6.20 Å². The summed E-state index contributed by atoms with van der Waals surface area (Å²) in [5.41, 5.74) is 1.78. The summed E-state index contributed by atoms with van der Waals surface area (Å²) in [6.07, 6.45) is 3.38. The van der Waals surface area contributed by atoms with Crippen LogP contribution < -0.4 is 5.32 Å². The van der Waals surface area contributed by atoms with Crippen LogP contribution >= 0.6 is 0 Å². The van der Waals surface area contributed by atoms with Gasteiger partial charge in [-0.1, -0.05) is 13.8 Å². The Labute approximate surface area is 143 Å². The topological polar surface area (TPSA) is 80.0 Å². The van der Waals surface area contributed by atoms with Crippen LogP contribution in [0.3, 0.4) is 0 Å². The van der Waals surface area contributed by atoms with E-state index in [9.17, 15) is 9.90 Å². The molecule has 0 fully saturated rings. The Bertz CT molecular complexity index is 709. The number of carbonyl (C=O) groups excluding carboxylic acids is 1. The Morgan fingerprint density at radius 2 is 2.04 bits per heavy atom. The van der Waals surface area contributed by atoms with Gasteiger partial charge in [0.15, 0.2) is 5.65 Å². The summed E-state index contributed by atoms with van der Waals surface area (Å²) in [4.78, 5) is 17.2. The molecule has 0 saturated carbocycles. The molecule has 0 atom stereocenters. The molecule has 2 aromatic heterocycles. The molecule has 0 unspecified atom stereocenters. The zero-order chi connectivity index (χ0) is 17.9. The lowest BCUT2D eigenvalue weighted by Crippen LogP contribution is -2.39. The van der Waals surface area contributed by atoms with Crippen LogP contribution in [0.15, 0.2) is 12.3 Å². The number of pyridine rings is 1. The summed E-state index contributed by atoms with van der Waals surface area (Å²) in [5.74, 6) is -0.154. The number of fused-ring (bicyclic) bond motifs is 1. The first-order valence-corrected chi connectivity index (χ1v) is 8.61. The van der Waals surface area contributed by atoms with Crippen molar-refractivity contribution in [2.24, 2.45) is 5.41 Å². The van der Waals surface area contributed by atoms with Gasteiger partial charge in [-0.15, -0.1) is 0 Å². The lowest BCUT2D eigenvalue weighted by Gasteiger charge is -2.29. The molecule has 24 heavy (non-hydrogen) atoms. The highest BCUT2D eigenvalue weighted by Gasteiger charge is 2.26. The van der Waals surface area contributed by atoms with Gasteiger partial charge in [0.1, 0.15) is 0 Å². The number of nitrogens with zero attached hydrogens (tertiary/aromatic N) is 3. The van der Waals surface area contributed by atoms with Crippen molar-refractivity contribution in [3.63, 3.8) is 0 Å². The van der Waals surface area contributed by atoms with E-state index in [1.807, 2.05) is 45.4 Å². The van der Waals surface area contributed by atoms with Gasteiger partial charge in [-0.2, -0.15) is 5.10 Å². The number of aromatic nitrogens is 3. The molecule has 0 aromatic carbocycles. The zero-order valence-electron chi connectivity index (χ0n) is 15.3. The third-order valence-corrected chi connectivity index (χ3v) is 4.95. The van der Waals surface area contributed by atoms with Crippen molar-refractivity contribution in [3.8, 4) is 0 Å². The van der Waals surface area contributed by atoms with E-state index in [2.05, 4.69) is 15.4 Å². The van der Waals surface area contributed by atoms with Gasteiger partial charge in [-0.05, 0) is 39.7 Å². The Balaban J connectivity index is 2.25. The van der Waals surface area contributed by atoms with E-state index in [0.717, 1.165) is 23.9 Å². The quantitative estimate of drug-likeness (QED) is 0.817. The van der Waals surface area contributed by atoms with Crippen LogP contribution in [0, 0.1) is 12.3 Å². The number of aryl methyl sites for hydroxylation is 1. The second kappa shape index (κ2) is 7.30. The smallest absolute Gasteiger partial charge is 0.253 e. The molecule has 6 nitrogen and oxygen atoms in total. The number of aliphatic hydroxyl groups is 1. The van der Waals surface area contributed by atoms with Gasteiger partial charge < -0.3 is 10.4 Å². The molecule has 2 rings (SSSR count). The first-order valence-electron chi connectivity index (χ1n) is 8.61. The van der Waals surface area contributed by atoms with Crippen LogP contribution in [-0.4, -0.2) is 38.9 Å². The van der Waals surface area contributed by atoms with Gasteiger partial charge in [-0.3, -0.25) is 4.79 Å². The molecular weight excluding hydrogens is 304 g/mol. The summed E-state index contributed by atoms with van der Waals surface area (Å²) >= 11 is 0. The van der Waals surface area contributed by atoms with Crippen molar-refractivity contribution in [1.82, 2.24) is 20.1 Å². The second-order valence-electron chi connectivity index (χ2n) is 6.76. The second-order valence-corrected chi connectivity index (χ2v) is 6.76. The van der Waals surface area contributed by atoms with Gasteiger partial charge in [-0.25, -0.2) is 9.67 Å². The van der Waals surface area contributed by atoms with Crippen LogP contribution in [0.2, 0.25) is 0 Å². The van der Waals surface area contributed by atoms with Crippen molar-refractivity contribution in [2.45, 2.75) is 53.5 Å². The van der Waals surface area contributed by atoms with Crippen molar-refractivity contribution >= 4 is 16.9 Å². The van der Waals surface area contributed by atoms with E-state index in [-0.39, 0.29) is 24.0 Å². The molecular formula is C18H28N4O2. The zero-order valence-corrected chi connectivity index (χ0v) is 15.3. The Hall–Kier alpha value is -1.95. The van der Waals surface area contributed by atoms with E-state index in [1.165, 1.54) is 0 Å². The van der Waals surface area contributed by atoms with Gasteiger partial charge >= 0.3 is 0 Å². The summed E-state index contributed by atoms with van der Waals surface area (Å²) < 4.78 is 1.86. The molecule has 0 bridgehead atoms. The predicted molar refractivity (Wildman–Crippen MR) is 95.1 cm³/mol. The molecule has 0 aliphatic rings. The highest BCUT2D eigenvalue weighted by molar-refractivity contribution is 5.98. The van der Waals surface area contributed by atoms with Crippen molar-refractivity contribution in [1.29, 1.82) is 0 Å². The van der Waals surface area contributed by atoms with Gasteiger partial charge in [0.2, 0.25) is 0 Å². The molecule has 2 heterocycles. The first kappa shape index (κ1) is 18.4. The molecule has 2 N–H and O–H groups in total. The normalized spacial score (nSPS) is 12.1. The highest BCUT2D eigenvalue weighted by atomic mass is 16.3. The van der Waals surface area contributed by atoms with Gasteiger partial charge in [0.05, 0.1) is 24.1 Å². The molecule has 0 saturated heterocycles. The molecule has 1 amide bonds. The minimum atomic E-state index is -0.260. The number of rotatable bonds is 7. The molecule has 0 spiro atoms. The third kappa shape index (κ3) is 3.43. The number of hydrogen-bond donors (Lipinski definition) is 2. The van der Waals surface area contributed by atoms with E-state index >= 15 is 0 Å². The van der Waals surface area contributed by atoms with Crippen LogP contribution in [0.25, 0.3) is 11.0 Å². The lowest BCUT2D eigenvalue weighted by atomic mass is 9.83. The predicted octanol–water partition coefficient (Wildman–Crippen LogP) is 2.85. The molecule has 0 aliphatic heterocycles. The SMILES string of the molecule is CCC(CC)(CO)CNC(=O)c1cc2cnn(C(C)C)c2nc1C. The van der Waals surface area contributed by atoms with Crippen LogP contribution in [0.4, 0.5) is 0 Å². The molecule has 6 heteroatoms. The number of nitrogens with one attached hydrogen (secondary N) is 1. The van der Waals surface area contributed by atoms with Gasteiger partial charge in [0, 0.05) is 23.4 Å². The minimum absolute atomic E-state index is 0.0672. The first-order chi connectivity index (χ1) is 11.4. The van der Waals surface area contributed by atoms with E-state index < -0.39 is 0 Å². The third-order valence-electron chi connectivity index (χ3n) is 4.95. The van der Waals surface area contributed by atoms with Crippen LogP contribution in [-0.2, 0) is 0 Å². The fourth-order valence-corrected chi connectivity index (χ4v) is 2.82. The average molecular weight is 332 g/mol. The van der Waals surface area contributed by atoms with Crippen molar-refractivity contribution in [2.75, 3.05) is 13.2 Å². The molecule has 0 radical (unpaired) electrons. The lowest BCUT2D eigenvalue weighted by molar-refractivity contribution is 0.0850. The van der Waals surface area contributed by atoms with E-state index in [0.29, 0.717) is 17.8 Å². The molecule has 2 aromatic rings. The minimum Gasteiger partial charge on any atom is -0.396 e. The Morgan fingerprint density at radius 1 is 1.38 bits per heavy atom. The monoisotopic (exact) mass is 332 g/mol. The van der Waals surface area contributed by atoms with Crippen LogP contribution in [0.1, 0.15) is 62.6 Å². The molecule has 0 aliphatic carbocycles. The number of aliphatic hydroxyl groups excluding tert-OH is 1. The fourth-order valence-electron chi connectivity index (χ4n) is 2.82. The largest absolute Gasteiger partial charge is 0.396 e. The number of carbonyl (C=O) groups is 1. The number of amides is 1. The number of hydrogen-bond acceptors (Lipinski definition) is 4. The molecule has 132 valence electrons. The maximum atomic E-state index is 12.6. The van der Waals surface area contributed by atoms with Gasteiger partial charge in [0.25, 0.3) is 5.91 Å². The van der Waals surface area contributed by atoms with Crippen molar-refractivity contribution in [3.05, 3.63) is 23.5 Å². The Morgan fingerprint density at radius 3 is 2.58 bits per heavy atom. The average Bonchev–Trinajstić information content (AvgIpc) is 2.98. The van der Waals surface area contributed by atoms with E-state index in [4.69, 9.17) is 0 Å². The highest BCUT2D eigenvalue weighted by Crippen LogP contribution is 2.25. The Kier molecular flexibility index (Phi) is 5.59. The maximum Gasteiger partial charge on any atom is 0.253 e. The van der Waals surface area contributed by atoms with Crippen molar-refractivity contribution < 1.29 is 9.90 Å². The summed E-state index contributed by atoms with van der Waals surface area (Å²) in [7, 11) is 0.